The van der Waals surface area contributed by atoms with Gasteiger partial charge in [0.05, 0.1) is 18.0 Å². The zero-order valence-corrected chi connectivity index (χ0v) is 18.9. The topological polar surface area (TPSA) is 79.7 Å². The molecule has 1 atom stereocenters. The summed E-state index contributed by atoms with van der Waals surface area (Å²) >= 11 is 1.59. The van der Waals surface area contributed by atoms with E-state index in [-0.39, 0.29) is 11.6 Å². The Morgan fingerprint density at radius 1 is 1.13 bits per heavy atom. The number of aromatic nitrogens is 5. The Bertz CT molecular complexity index is 1290. The Morgan fingerprint density at radius 3 is 2.74 bits per heavy atom. The molecule has 1 aromatic carbocycles. The first-order valence-corrected chi connectivity index (χ1v) is 11.5. The number of aromatic amines is 1. The van der Waals surface area contributed by atoms with Crippen molar-refractivity contribution in [1.29, 1.82) is 0 Å². The molecule has 160 valence electrons. The molecule has 4 aromatic rings. The van der Waals surface area contributed by atoms with Crippen molar-refractivity contribution in [2.24, 2.45) is 0 Å². The van der Waals surface area contributed by atoms with Gasteiger partial charge in [0.15, 0.2) is 0 Å². The van der Waals surface area contributed by atoms with Crippen LogP contribution in [0.25, 0.3) is 10.2 Å². The zero-order chi connectivity index (χ0) is 21.5. The number of benzene rings is 1. The minimum Gasteiger partial charge on any atom is -0.313 e. The molecule has 3 aromatic heterocycles. The van der Waals surface area contributed by atoms with E-state index < -0.39 is 0 Å². The van der Waals surface area contributed by atoms with Gasteiger partial charge in [-0.25, -0.2) is 4.98 Å². The highest BCUT2D eigenvalue weighted by Gasteiger charge is 2.27. The van der Waals surface area contributed by atoms with E-state index in [1.54, 1.807) is 11.3 Å². The van der Waals surface area contributed by atoms with Crippen LogP contribution in [0.5, 0.6) is 0 Å². The number of hydrogen-bond donors (Lipinski definition) is 1. The van der Waals surface area contributed by atoms with E-state index >= 15 is 0 Å². The molecule has 0 radical (unpaired) electrons. The smallest absolute Gasteiger partial charge is 0.259 e. The summed E-state index contributed by atoms with van der Waals surface area (Å²) in [6, 6.07) is 10.5. The molecule has 1 aliphatic heterocycles. The molecule has 4 heterocycles. The fraction of sp³-hybridized carbons (Fsp3) is 0.391. The number of fused-ring (bicyclic) bond motifs is 2. The van der Waals surface area contributed by atoms with Crippen LogP contribution in [0, 0.1) is 13.8 Å². The second-order valence-electron chi connectivity index (χ2n) is 8.23. The van der Waals surface area contributed by atoms with Gasteiger partial charge in [-0.1, -0.05) is 30.3 Å². The second kappa shape index (κ2) is 8.01. The average Bonchev–Trinajstić information content (AvgIpc) is 3.32. The molecule has 0 amide bonds. The third-order valence-corrected chi connectivity index (χ3v) is 7.44. The molecular formula is C23H26N6OS. The maximum absolute atomic E-state index is 12.7. The average molecular weight is 435 g/mol. The third kappa shape index (κ3) is 3.70. The van der Waals surface area contributed by atoms with Crippen LogP contribution in [0.1, 0.15) is 46.4 Å². The molecule has 31 heavy (non-hydrogen) atoms. The molecule has 8 heteroatoms. The number of hydrogen-bond acceptors (Lipinski definition) is 6. The second-order valence-corrected chi connectivity index (χ2v) is 9.43. The first-order valence-electron chi connectivity index (χ1n) is 10.7. The quantitative estimate of drug-likeness (QED) is 0.520. The Balaban J connectivity index is 1.33. The number of H-pyrrole nitrogens is 1. The molecule has 1 aliphatic rings. The van der Waals surface area contributed by atoms with Crippen LogP contribution in [0.15, 0.2) is 35.1 Å². The maximum atomic E-state index is 12.7. The van der Waals surface area contributed by atoms with Gasteiger partial charge in [0.1, 0.15) is 22.3 Å². The van der Waals surface area contributed by atoms with E-state index in [1.165, 1.54) is 5.56 Å². The van der Waals surface area contributed by atoms with Crippen molar-refractivity contribution in [1.82, 2.24) is 29.6 Å². The lowest BCUT2D eigenvalue weighted by molar-refractivity contribution is 0.156. The van der Waals surface area contributed by atoms with Gasteiger partial charge in [0, 0.05) is 24.4 Å². The van der Waals surface area contributed by atoms with Crippen LogP contribution in [-0.2, 0) is 25.9 Å². The molecule has 0 saturated carbocycles. The molecule has 7 nitrogen and oxygen atoms in total. The maximum Gasteiger partial charge on any atom is 0.259 e. The van der Waals surface area contributed by atoms with Gasteiger partial charge < -0.3 is 9.55 Å². The first kappa shape index (κ1) is 20.1. The van der Waals surface area contributed by atoms with Gasteiger partial charge >= 0.3 is 0 Å². The van der Waals surface area contributed by atoms with Gasteiger partial charge in [0.2, 0.25) is 0 Å². The molecule has 0 aliphatic carbocycles. The van der Waals surface area contributed by atoms with Crippen molar-refractivity contribution in [2.45, 2.75) is 52.7 Å². The third-order valence-electron chi connectivity index (χ3n) is 6.34. The van der Waals surface area contributed by atoms with E-state index in [1.807, 2.05) is 19.9 Å². The fourth-order valence-corrected chi connectivity index (χ4v) is 5.33. The fourth-order valence-electron chi connectivity index (χ4n) is 4.30. The number of nitrogens with zero attached hydrogens (tertiary/aromatic N) is 5. The van der Waals surface area contributed by atoms with E-state index in [0.29, 0.717) is 6.54 Å². The summed E-state index contributed by atoms with van der Waals surface area (Å²) in [5.74, 6) is 2.74. The number of nitrogens with one attached hydrogen (secondary N) is 1. The van der Waals surface area contributed by atoms with Crippen LogP contribution >= 0.6 is 11.3 Å². The Morgan fingerprint density at radius 2 is 1.94 bits per heavy atom. The molecule has 1 N–H and O–H groups in total. The predicted molar refractivity (Wildman–Crippen MR) is 122 cm³/mol. The largest absolute Gasteiger partial charge is 0.313 e. The molecule has 5 rings (SSSR count). The van der Waals surface area contributed by atoms with Crippen LogP contribution in [-0.4, -0.2) is 36.2 Å². The summed E-state index contributed by atoms with van der Waals surface area (Å²) < 4.78 is 2.25. The number of rotatable bonds is 5. The Labute approximate surface area is 184 Å². The number of thiophene rings is 1. The lowest BCUT2D eigenvalue weighted by atomic mass is 10.1. The highest BCUT2D eigenvalue weighted by Crippen LogP contribution is 2.28. The number of aryl methyl sites for hydroxylation is 4. The molecule has 0 fully saturated rings. The standard InChI is InChI=1S/C23H26N6OS/c1-14-16(3)31-23-20(14)22(30)24-21(25-23)15(2)28-11-12-29-18(26-27-19(29)13-28)10-9-17-7-5-4-6-8-17/h4-8,15H,9-13H2,1-3H3,(H,24,25,30)/t15-/m1/s1. The van der Waals surface area contributed by atoms with E-state index in [0.717, 1.165) is 64.1 Å². The molecule has 0 bridgehead atoms. The lowest BCUT2D eigenvalue weighted by Gasteiger charge is -2.32. The summed E-state index contributed by atoms with van der Waals surface area (Å²) in [6.45, 7) is 8.54. The highest BCUT2D eigenvalue weighted by atomic mass is 32.1. The summed E-state index contributed by atoms with van der Waals surface area (Å²) in [4.78, 5) is 24.8. The van der Waals surface area contributed by atoms with Gasteiger partial charge in [-0.3, -0.25) is 9.69 Å². The van der Waals surface area contributed by atoms with Gasteiger partial charge in [-0.05, 0) is 38.3 Å². The van der Waals surface area contributed by atoms with Crippen molar-refractivity contribution >= 4 is 21.6 Å². The zero-order valence-electron chi connectivity index (χ0n) is 18.1. The van der Waals surface area contributed by atoms with Crippen molar-refractivity contribution in [3.63, 3.8) is 0 Å². The highest BCUT2D eigenvalue weighted by molar-refractivity contribution is 7.18. The lowest BCUT2D eigenvalue weighted by Crippen LogP contribution is -2.37. The van der Waals surface area contributed by atoms with Crippen molar-refractivity contribution < 1.29 is 0 Å². The van der Waals surface area contributed by atoms with Crippen LogP contribution < -0.4 is 5.56 Å². The van der Waals surface area contributed by atoms with Crippen molar-refractivity contribution in [3.05, 3.63) is 74.2 Å². The minimum atomic E-state index is -0.0444. The summed E-state index contributed by atoms with van der Waals surface area (Å²) in [5, 5.41) is 9.64. The van der Waals surface area contributed by atoms with Gasteiger partial charge in [0.25, 0.3) is 5.56 Å². The van der Waals surface area contributed by atoms with E-state index in [9.17, 15) is 4.79 Å². The summed E-state index contributed by atoms with van der Waals surface area (Å²) in [5.41, 5.74) is 2.30. The predicted octanol–water partition coefficient (Wildman–Crippen LogP) is 3.55. The Kier molecular flexibility index (Phi) is 5.19. The SMILES string of the molecule is Cc1sc2nc([C@@H](C)N3CCn4c(CCc5ccccc5)nnc4C3)[nH]c(=O)c2c1C. The van der Waals surface area contributed by atoms with Crippen molar-refractivity contribution in [3.8, 4) is 0 Å². The summed E-state index contributed by atoms with van der Waals surface area (Å²) in [7, 11) is 0. The van der Waals surface area contributed by atoms with Gasteiger partial charge in [-0.15, -0.1) is 21.5 Å². The van der Waals surface area contributed by atoms with Crippen LogP contribution in [0.4, 0.5) is 0 Å². The normalized spacial score (nSPS) is 15.3. The van der Waals surface area contributed by atoms with E-state index in [2.05, 4.69) is 55.8 Å². The van der Waals surface area contributed by atoms with Crippen LogP contribution in [0.2, 0.25) is 0 Å². The minimum absolute atomic E-state index is 0.00182. The monoisotopic (exact) mass is 434 g/mol. The molecular weight excluding hydrogens is 408 g/mol. The molecule has 0 spiro atoms. The molecule has 0 unspecified atom stereocenters. The summed E-state index contributed by atoms with van der Waals surface area (Å²) in [6.07, 6.45) is 1.85. The van der Waals surface area contributed by atoms with E-state index in [4.69, 9.17) is 4.98 Å². The van der Waals surface area contributed by atoms with Crippen molar-refractivity contribution in [2.75, 3.05) is 6.54 Å². The van der Waals surface area contributed by atoms with Crippen LogP contribution in [0.3, 0.4) is 0 Å². The Hall–Kier alpha value is -2.84. The first-order chi connectivity index (χ1) is 15.0. The van der Waals surface area contributed by atoms with Gasteiger partial charge in [-0.2, -0.15) is 0 Å². The molecule has 0 saturated heterocycles.